The van der Waals surface area contributed by atoms with E-state index in [2.05, 4.69) is 15.6 Å². The molecule has 0 radical (unpaired) electrons. The molecule has 27 heavy (non-hydrogen) atoms. The van der Waals surface area contributed by atoms with Crippen LogP contribution in [0, 0.1) is 0 Å². The van der Waals surface area contributed by atoms with Crippen molar-refractivity contribution in [3.8, 4) is 17.2 Å². The second kappa shape index (κ2) is 7.27. The van der Waals surface area contributed by atoms with Crippen molar-refractivity contribution >= 4 is 33.3 Å². The highest BCUT2D eigenvalue weighted by molar-refractivity contribution is 7.91. The van der Waals surface area contributed by atoms with Gasteiger partial charge < -0.3 is 24.8 Å². The Morgan fingerprint density at radius 2 is 1.89 bits per heavy atom. The van der Waals surface area contributed by atoms with Crippen molar-refractivity contribution in [2.75, 3.05) is 38.3 Å². The summed E-state index contributed by atoms with van der Waals surface area (Å²) in [7, 11) is -2.57. The number of nitrogens with zero attached hydrogens (tertiary/aromatic N) is 1. The molecule has 3 rings (SSSR count). The second-order valence-corrected chi connectivity index (χ2v) is 7.62. The fraction of sp³-hybridized carbons (Fsp3) is 0.312. The number of carbonyl (C=O) groups is 2. The van der Waals surface area contributed by atoms with Crippen LogP contribution in [0.2, 0.25) is 0 Å². The van der Waals surface area contributed by atoms with E-state index >= 15 is 0 Å². The number of hydrogen-bond donors (Lipinski definition) is 2. The maximum absolute atomic E-state index is 12.4. The first-order chi connectivity index (χ1) is 12.8. The summed E-state index contributed by atoms with van der Waals surface area (Å²) in [4.78, 5) is 27.6. The SMILES string of the molecule is COc1cc(NCC2=NCCN2)c(S(C)(=O)=O)c2c1OC(=O)/C=C/C(=O)O2. The molecule has 0 saturated carbocycles. The normalized spacial score (nSPS) is 17.5. The molecule has 2 aliphatic rings. The highest BCUT2D eigenvalue weighted by Crippen LogP contribution is 2.47. The molecule has 10 nitrogen and oxygen atoms in total. The Morgan fingerprint density at radius 1 is 1.22 bits per heavy atom. The van der Waals surface area contributed by atoms with Crippen LogP contribution >= 0.6 is 0 Å². The zero-order valence-electron chi connectivity index (χ0n) is 14.6. The Bertz CT molecular complexity index is 967. The number of sulfone groups is 1. The zero-order chi connectivity index (χ0) is 19.6. The minimum absolute atomic E-state index is 0.0256. The van der Waals surface area contributed by atoms with Crippen LogP contribution in [0.25, 0.3) is 0 Å². The molecule has 144 valence electrons. The van der Waals surface area contributed by atoms with Gasteiger partial charge in [0.05, 0.1) is 25.9 Å². The Balaban J connectivity index is 2.16. The van der Waals surface area contributed by atoms with E-state index in [0.717, 1.165) is 18.4 Å². The number of nitrogens with one attached hydrogen (secondary N) is 2. The number of benzene rings is 1. The number of rotatable bonds is 5. The van der Waals surface area contributed by atoms with E-state index in [1.807, 2.05) is 0 Å². The molecule has 0 spiro atoms. The van der Waals surface area contributed by atoms with E-state index in [4.69, 9.17) is 14.2 Å². The Labute approximate surface area is 155 Å². The summed E-state index contributed by atoms with van der Waals surface area (Å²) >= 11 is 0. The third-order valence-electron chi connectivity index (χ3n) is 3.70. The number of aliphatic imine (C=N–C) groups is 1. The van der Waals surface area contributed by atoms with Crippen LogP contribution in [0.3, 0.4) is 0 Å². The summed E-state index contributed by atoms with van der Waals surface area (Å²) in [5.41, 5.74) is 0.123. The molecule has 0 atom stereocenters. The first-order valence-corrected chi connectivity index (χ1v) is 9.76. The lowest BCUT2D eigenvalue weighted by atomic mass is 10.2. The number of fused-ring (bicyclic) bond motifs is 1. The van der Waals surface area contributed by atoms with Gasteiger partial charge in [0.2, 0.25) is 5.75 Å². The predicted molar refractivity (Wildman–Crippen MR) is 95.3 cm³/mol. The van der Waals surface area contributed by atoms with Crippen molar-refractivity contribution in [1.29, 1.82) is 0 Å². The molecule has 0 fully saturated rings. The number of amidine groups is 1. The fourth-order valence-corrected chi connectivity index (χ4v) is 3.59. The quantitative estimate of drug-likeness (QED) is 0.518. The molecule has 0 aliphatic carbocycles. The molecule has 1 aromatic carbocycles. The third-order valence-corrected chi connectivity index (χ3v) is 4.84. The number of ether oxygens (including phenoxy) is 3. The molecule has 0 saturated heterocycles. The van der Waals surface area contributed by atoms with Gasteiger partial charge in [0, 0.05) is 31.0 Å². The maximum atomic E-state index is 12.4. The van der Waals surface area contributed by atoms with Gasteiger partial charge >= 0.3 is 11.9 Å². The lowest BCUT2D eigenvalue weighted by molar-refractivity contribution is -0.133. The monoisotopic (exact) mass is 395 g/mol. The topological polar surface area (TPSA) is 132 Å². The van der Waals surface area contributed by atoms with E-state index < -0.39 is 27.5 Å². The van der Waals surface area contributed by atoms with Crippen molar-refractivity contribution < 1.29 is 32.2 Å². The van der Waals surface area contributed by atoms with Crippen LogP contribution < -0.4 is 24.8 Å². The molecule has 0 amide bonds. The first-order valence-electron chi connectivity index (χ1n) is 7.87. The summed E-state index contributed by atoms with van der Waals surface area (Å²) < 4.78 is 40.3. The molecule has 2 aliphatic heterocycles. The van der Waals surface area contributed by atoms with Gasteiger partial charge in [0.25, 0.3) is 0 Å². The van der Waals surface area contributed by atoms with Gasteiger partial charge in [-0.2, -0.15) is 0 Å². The van der Waals surface area contributed by atoms with Crippen LogP contribution in [-0.4, -0.2) is 59.2 Å². The Kier molecular flexibility index (Phi) is 5.04. The lowest BCUT2D eigenvalue weighted by Gasteiger charge is -2.20. The van der Waals surface area contributed by atoms with Gasteiger partial charge in [0.1, 0.15) is 10.7 Å². The van der Waals surface area contributed by atoms with E-state index in [1.165, 1.54) is 13.2 Å². The summed E-state index contributed by atoms with van der Waals surface area (Å²) in [6.07, 6.45) is 2.68. The number of methoxy groups -OCH3 is 1. The van der Waals surface area contributed by atoms with Crippen LogP contribution in [0.5, 0.6) is 17.2 Å². The number of carbonyl (C=O) groups excluding carboxylic acids is 2. The molecule has 2 heterocycles. The van der Waals surface area contributed by atoms with E-state index in [1.54, 1.807) is 0 Å². The van der Waals surface area contributed by atoms with E-state index in [9.17, 15) is 18.0 Å². The third kappa shape index (κ3) is 4.03. The molecule has 0 aromatic heterocycles. The molecular weight excluding hydrogens is 378 g/mol. The van der Waals surface area contributed by atoms with Crippen molar-refractivity contribution in [3.05, 3.63) is 18.2 Å². The largest absolute Gasteiger partial charge is 0.493 e. The van der Waals surface area contributed by atoms with Crippen LogP contribution in [-0.2, 0) is 19.4 Å². The number of esters is 2. The Morgan fingerprint density at radius 3 is 2.44 bits per heavy atom. The van der Waals surface area contributed by atoms with Crippen molar-refractivity contribution in [2.45, 2.75) is 4.90 Å². The fourth-order valence-electron chi connectivity index (χ4n) is 2.59. The first kappa shape index (κ1) is 18.7. The van der Waals surface area contributed by atoms with Crippen molar-refractivity contribution in [1.82, 2.24) is 5.32 Å². The second-order valence-electron chi connectivity index (χ2n) is 5.67. The predicted octanol–water partition coefficient (Wildman–Crippen LogP) is -0.107. The highest BCUT2D eigenvalue weighted by Gasteiger charge is 2.31. The van der Waals surface area contributed by atoms with Gasteiger partial charge in [-0.1, -0.05) is 0 Å². The summed E-state index contributed by atoms with van der Waals surface area (Å²) in [6, 6.07) is 1.36. The minimum Gasteiger partial charge on any atom is -0.493 e. The lowest BCUT2D eigenvalue weighted by Crippen LogP contribution is -2.27. The zero-order valence-corrected chi connectivity index (χ0v) is 15.4. The number of hydrogen-bond acceptors (Lipinski definition) is 10. The van der Waals surface area contributed by atoms with Gasteiger partial charge in [-0.25, -0.2) is 18.0 Å². The average molecular weight is 395 g/mol. The van der Waals surface area contributed by atoms with Crippen LogP contribution in [0.1, 0.15) is 0 Å². The van der Waals surface area contributed by atoms with Gasteiger partial charge in [-0.3, -0.25) is 4.99 Å². The van der Waals surface area contributed by atoms with Gasteiger partial charge in [-0.05, 0) is 0 Å². The molecule has 11 heteroatoms. The van der Waals surface area contributed by atoms with Crippen LogP contribution in [0.15, 0.2) is 28.1 Å². The van der Waals surface area contributed by atoms with Gasteiger partial charge in [0.15, 0.2) is 21.3 Å². The molecule has 0 unspecified atom stereocenters. The van der Waals surface area contributed by atoms with E-state index in [0.29, 0.717) is 18.9 Å². The van der Waals surface area contributed by atoms with E-state index in [-0.39, 0.29) is 28.6 Å². The summed E-state index contributed by atoms with van der Waals surface area (Å²) in [6.45, 7) is 1.55. The molecule has 1 aromatic rings. The summed E-state index contributed by atoms with van der Waals surface area (Å²) in [5.74, 6) is -1.80. The minimum atomic E-state index is -3.89. The van der Waals surface area contributed by atoms with Gasteiger partial charge in [-0.15, -0.1) is 0 Å². The van der Waals surface area contributed by atoms with Crippen LogP contribution in [0.4, 0.5) is 5.69 Å². The smallest absolute Gasteiger partial charge is 0.336 e. The Hall–Kier alpha value is -3.08. The average Bonchev–Trinajstić information content (AvgIpc) is 3.10. The standard InChI is InChI=1S/C16H17N3O7S/c1-24-10-7-9(19-8-11-17-5-6-18-11)16(27(2,22)23)15-14(10)25-12(20)3-4-13(21)26-15/h3-4,7,19H,5-6,8H2,1-2H3,(H,17,18)/b4-3+. The highest BCUT2D eigenvalue weighted by atomic mass is 32.2. The molecular formula is C16H17N3O7S. The molecule has 2 N–H and O–H groups in total. The summed E-state index contributed by atoms with van der Waals surface area (Å²) in [5, 5.41) is 6.00. The maximum Gasteiger partial charge on any atom is 0.336 e. The number of anilines is 1. The molecule has 0 bridgehead atoms. The van der Waals surface area contributed by atoms with Crippen molar-refractivity contribution in [3.63, 3.8) is 0 Å². The van der Waals surface area contributed by atoms with Crippen molar-refractivity contribution in [2.24, 2.45) is 4.99 Å².